The molecule has 0 fully saturated rings. The molecule has 0 spiro atoms. The van der Waals surface area contributed by atoms with E-state index in [0.717, 1.165) is 0 Å². The summed E-state index contributed by atoms with van der Waals surface area (Å²) in [6, 6.07) is 51.5. The molecule has 0 saturated carbocycles. The quantitative estimate of drug-likeness (QED) is 0.202. The van der Waals surface area contributed by atoms with Crippen molar-refractivity contribution in [3.8, 4) is 39.1 Å². The van der Waals surface area contributed by atoms with Crippen molar-refractivity contribution in [1.82, 2.24) is 4.57 Å². The van der Waals surface area contributed by atoms with Crippen LogP contribution in [-0.4, -0.2) is 12.6 Å². The van der Waals surface area contributed by atoms with Crippen LogP contribution in [0.5, 0.6) is 0 Å². The first-order valence-corrected chi connectivity index (χ1v) is 17.0. The first kappa shape index (κ1) is 23.2. The molecule has 190 valence electrons. The van der Waals surface area contributed by atoms with Crippen LogP contribution in [0.1, 0.15) is 0 Å². The predicted octanol–water partition coefficient (Wildman–Crippen LogP) is 8.92. The van der Waals surface area contributed by atoms with Gasteiger partial charge in [0, 0.05) is 16.5 Å². The topological polar surface area (TPSA) is 4.93 Å². The van der Waals surface area contributed by atoms with E-state index < -0.39 is 8.07 Å². The van der Waals surface area contributed by atoms with E-state index in [1.54, 1.807) is 5.19 Å². The molecule has 0 N–H and O–H groups in total. The second-order valence-electron chi connectivity index (χ2n) is 11.4. The first-order valence-electron chi connectivity index (χ1n) is 14.0. The number of benzene rings is 6. The Morgan fingerprint density at radius 1 is 0.425 bits per heavy atom. The Kier molecular flexibility index (Phi) is 5.04. The fraction of sp³-hybridized carbons (Fsp3) is 0.0526. The molecule has 2 heterocycles. The Balaban J connectivity index is 1.39. The maximum absolute atomic E-state index is 2.49. The highest BCUT2D eigenvalue weighted by atomic mass is 28.3. The molecule has 0 amide bonds. The molecule has 7 aromatic rings. The Morgan fingerprint density at radius 2 is 0.950 bits per heavy atom. The average Bonchev–Trinajstić information content (AvgIpc) is 3.46. The second-order valence-corrected chi connectivity index (χ2v) is 15.8. The summed E-state index contributed by atoms with van der Waals surface area (Å²) >= 11 is 0. The number of rotatable bonds is 3. The number of fused-ring (bicyclic) bond motifs is 6. The Morgan fingerprint density at radius 3 is 1.55 bits per heavy atom. The van der Waals surface area contributed by atoms with Crippen LogP contribution in [0.2, 0.25) is 13.1 Å². The Labute approximate surface area is 236 Å². The second kappa shape index (κ2) is 8.67. The van der Waals surface area contributed by atoms with Crippen molar-refractivity contribution in [3.63, 3.8) is 0 Å². The zero-order chi connectivity index (χ0) is 26.8. The highest BCUT2D eigenvalue weighted by Gasteiger charge is 2.37. The molecule has 2 heteroatoms. The highest BCUT2D eigenvalue weighted by Crippen LogP contribution is 2.38. The van der Waals surface area contributed by atoms with Crippen molar-refractivity contribution in [1.29, 1.82) is 0 Å². The summed E-state index contributed by atoms with van der Waals surface area (Å²) in [6.45, 7) is 4.98. The number of hydrogen-bond acceptors (Lipinski definition) is 0. The standard InChI is InChI=1S/C38H29NSi/c1-40(2)37-16-10-9-15-31(37)32-20-19-30(25-38(32)40)39-35-21-17-28(26-11-5-3-6-12-26)23-33(35)34-24-29(18-22-36(34)39)27-13-7-4-8-14-27/h3-25H,1-2H3. The van der Waals surface area contributed by atoms with E-state index in [1.807, 2.05) is 0 Å². The van der Waals surface area contributed by atoms with Crippen molar-refractivity contribution in [3.05, 3.63) is 140 Å². The Bertz CT molecular complexity index is 1970. The van der Waals surface area contributed by atoms with Crippen molar-refractivity contribution in [2.24, 2.45) is 0 Å². The van der Waals surface area contributed by atoms with E-state index in [1.165, 1.54) is 66.1 Å². The van der Waals surface area contributed by atoms with E-state index in [9.17, 15) is 0 Å². The van der Waals surface area contributed by atoms with Crippen molar-refractivity contribution in [2.45, 2.75) is 13.1 Å². The van der Waals surface area contributed by atoms with E-state index in [4.69, 9.17) is 0 Å². The summed E-state index contributed by atoms with van der Waals surface area (Å²) in [5, 5.41) is 5.65. The van der Waals surface area contributed by atoms with Gasteiger partial charge in [-0.2, -0.15) is 0 Å². The van der Waals surface area contributed by atoms with Gasteiger partial charge in [-0.3, -0.25) is 0 Å². The van der Waals surface area contributed by atoms with Gasteiger partial charge in [0.25, 0.3) is 0 Å². The van der Waals surface area contributed by atoms with Crippen LogP contribution >= 0.6 is 0 Å². The molecular weight excluding hydrogens is 499 g/mol. The van der Waals surface area contributed by atoms with Gasteiger partial charge in [-0.15, -0.1) is 0 Å². The van der Waals surface area contributed by atoms with Crippen LogP contribution in [0.3, 0.4) is 0 Å². The van der Waals surface area contributed by atoms with Crippen molar-refractivity contribution in [2.75, 3.05) is 0 Å². The van der Waals surface area contributed by atoms with Crippen molar-refractivity contribution >= 4 is 40.3 Å². The van der Waals surface area contributed by atoms with E-state index in [0.29, 0.717) is 0 Å². The largest absolute Gasteiger partial charge is 0.309 e. The van der Waals surface area contributed by atoms with E-state index in [2.05, 4.69) is 157 Å². The zero-order valence-electron chi connectivity index (χ0n) is 22.7. The summed E-state index contributed by atoms with van der Waals surface area (Å²) in [6.07, 6.45) is 0. The molecule has 1 nitrogen and oxygen atoms in total. The van der Waals surface area contributed by atoms with Gasteiger partial charge >= 0.3 is 0 Å². The lowest BCUT2D eigenvalue weighted by Crippen LogP contribution is -2.49. The fourth-order valence-corrected chi connectivity index (χ4v) is 9.85. The van der Waals surface area contributed by atoms with Crippen LogP contribution < -0.4 is 10.4 Å². The first-order chi connectivity index (χ1) is 19.6. The van der Waals surface area contributed by atoms with Gasteiger partial charge in [0.1, 0.15) is 8.07 Å². The molecule has 8 rings (SSSR count). The summed E-state index contributed by atoms with van der Waals surface area (Å²) in [4.78, 5) is 0. The molecule has 1 aromatic heterocycles. The van der Waals surface area contributed by atoms with Crippen LogP contribution in [0.15, 0.2) is 140 Å². The molecule has 0 atom stereocenters. The van der Waals surface area contributed by atoms with Crippen LogP contribution in [-0.2, 0) is 0 Å². The molecule has 40 heavy (non-hydrogen) atoms. The average molecular weight is 528 g/mol. The smallest absolute Gasteiger partial charge is 0.113 e. The van der Waals surface area contributed by atoms with E-state index >= 15 is 0 Å². The molecule has 0 unspecified atom stereocenters. The third-order valence-electron chi connectivity index (χ3n) is 8.80. The number of nitrogens with zero attached hydrogens (tertiary/aromatic N) is 1. The van der Waals surface area contributed by atoms with Gasteiger partial charge in [0.05, 0.1) is 11.0 Å². The molecule has 1 aliphatic rings. The lowest BCUT2D eigenvalue weighted by Gasteiger charge is -2.20. The maximum Gasteiger partial charge on any atom is 0.113 e. The third-order valence-corrected chi connectivity index (χ3v) is 12.3. The molecule has 0 saturated heterocycles. The Hall–Kier alpha value is -4.66. The molecule has 6 aromatic carbocycles. The highest BCUT2D eigenvalue weighted by molar-refractivity contribution is 7.03. The predicted molar refractivity (Wildman–Crippen MR) is 174 cm³/mol. The number of hydrogen-bond donors (Lipinski definition) is 0. The van der Waals surface area contributed by atoms with Gasteiger partial charge in [-0.1, -0.05) is 116 Å². The van der Waals surface area contributed by atoms with Gasteiger partial charge in [0.2, 0.25) is 0 Å². The van der Waals surface area contributed by atoms with E-state index in [-0.39, 0.29) is 0 Å². The molecule has 0 radical (unpaired) electrons. The SMILES string of the molecule is C[Si]1(C)c2ccccc2-c2ccc(-n3c4ccc(-c5ccccc5)cc4c4cc(-c5ccccc5)ccc43)cc21. The minimum absolute atomic E-state index is 1.24. The normalized spacial score (nSPS) is 13.4. The van der Waals surface area contributed by atoms with Crippen LogP contribution in [0.25, 0.3) is 60.9 Å². The third kappa shape index (κ3) is 3.39. The molecule has 0 bridgehead atoms. The molecule has 0 aliphatic carbocycles. The zero-order valence-corrected chi connectivity index (χ0v) is 23.7. The van der Waals surface area contributed by atoms with Crippen molar-refractivity contribution < 1.29 is 0 Å². The minimum Gasteiger partial charge on any atom is -0.309 e. The fourth-order valence-electron chi connectivity index (χ4n) is 6.75. The lowest BCUT2D eigenvalue weighted by molar-refractivity contribution is 1.18. The summed E-state index contributed by atoms with van der Waals surface area (Å²) in [7, 11) is -1.78. The van der Waals surface area contributed by atoms with Crippen LogP contribution in [0, 0.1) is 0 Å². The summed E-state index contributed by atoms with van der Waals surface area (Å²) in [5.74, 6) is 0. The van der Waals surface area contributed by atoms with Gasteiger partial charge in [0.15, 0.2) is 0 Å². The molecular formula is C38H29NSi. The molecule has 1 aliphatic heterocycles. The van der Waals surface area contributed by atoms with Gasteiger partial charge in [-0.05, 0) is 80.2 Å². The maximum atomic E-state index is 2.49. The lowest BCUT2D eigenvalue weighted by atomic mass is 10.0. The monoisotopic (exact) mass is 527 g/mol. The van der Waals surface area contributed by atoms with Crippen LogP contribution in [0.4, 0.5) is 0 Å². The number of aromatic nitrogens is 1. The van der Waals surface area contributed by atoms with Gasteiger partial charge in [-0.25, -0.2) is 0 Å². The summed E-state index contributed by atoms with van der Waals surface area (Å²) < 4.78 is 2.47. The minimum atomic E-state index is -1.78. The van der Waals surface area contributed by atoms with Gasteiger partial charge < -0.3 is 4.57 Å². The summed E-state index contributed by atoms with van der Waals surface area (Å²) in [5.41, 5.74) is 11.5.